The Morgan fingerprint density at radius 3 is 1.60 bits per heavy atom. The van der Waals surface area contributed by atoms with E-state index in [4.69, 9.17) is 15.0 Å². The predicted octanol–water partition coefficient (Wildman–Crippen LogP) is 10.6. The summed E-state index contributed by atoms with van der Waals surface area (Å²) in [6, 6.07) is 52.8. The second kappa shape index (κ2) is 10.8. The Morgan fingerprint density at radius 2 is 0.907 bits per heavy atom. The molecule has 0 N–H and O–H groups in total. The molecule has 0 saturated carbocycles. The normalized spacial score (nSPS) is 11.3. The quantitative estimate of drug-likeness (QED) is 0.208. The summed E-state index contributed by atoms with van der Waals surface area (Å²) < 4.78 is 1.19. The molecule has 2 heterocycles. The minimum atomic E-state index is 0.723. The number of thiazole rings is 1. The van der Waals surface area contributed by atoms with E-state index in [2.05, 4.69) is 109 Å². The van der Waals surface area contributed by atoms with Gasteiger partial charge in [0.2, 0.25) is 0 Å². The zero-order valence-corrected chi connectivity index (χ0v) is 24.0. The van der Waals surface area contributed by atoms with E-state index in [0.717, 1.165) is 50.0 Å². The monoisotopic (exact) mass is 567 g/mol. The first-order valence-electron chi connectivity index (χ1n) is 14.3. The highest BCUT2D eigenvalue weighted by Crippen LogP contribution is 2.35. The van der Waals surface area contributed by atoms with Crippen molar-refractivity contribution in [2.45, 2.75) is 0 Å². The van der Waals surface area contributed by atoms with Crippen molar-refractivity contribution in [2.75, 3.05) is 0 Å². The molecule has 0 atom stereocenters. The molecular weight excluding hydrogens is 543 g/mol. The van der Waals surface area contributed by atoms with Gasteiger partial charge in [0.25, 0.3) is 0 Å². The largest absolute Gasteiger partial charge is 0.236 e. The van der Waals surface area contributed by atoms with E-state index < -0.39 is 0 Å². The molecule has 8 aromatic rings. The molecule has 0 aliphatic rings. The first-order chi connectivity index (χ1) is 21.3. The second-order valence-corrected chi connectivity index (χ2v) is 11.6. The summed E-state index contributed by atoms with van der Waals surface area (Å²) in [5.41, 5.74) is 9.53. The molecule has 0 saturated heterocycles. The Balaban J connectivity index is 1.16. The van der Waals surface area contributed by atoms with Crippen LogP contribution in [0.4, 0.5) is 0 Å². The lowest BCUT2D eigenvalue weighted by atomic mass is 9.98. The summed E-state index contributed by atoms with van der Waals surface area (Å²) in [4.78, 5) is 14.8. The van der Waals surface area contributed by atoms with Crippen LogP contribution >= 0.6 is 11.3 Å². The highest BCUT2D eigenvalue weighted by molar-refractivity contribution is 7.21. The van der Waals surface area contributed by atoms with Crippen LogP contribution in [0.15, 0.2) is 152 Å². The van der Waals surface area contributed by atoms with Gasteiger partial charge in [-0.25, -0.2) is 15.0 Å². The standard InChI is InChI=1S/C39H25N3S/c1-4-10-26(11-5-1)35-25-36(41-38(40-35)27-12-6-2-7-13-27)33-19-18-29-22-30(16-17-31(29)23-33)32-20-21-34-37(24-32)43-39(42-34)28-14-8-3-9-15-28/h1-25H. The van der Waals surface area contributed by atoms with Crippen LogP contribution in [0.5, 0.6) is 0 Å². The van der Waals surface area contributed by atoms with E-state index in [0.29, 0.717) is 0 Å². The number of hydrogen-bond acceptors (Lipinski definition) is 4. The number of fused-ring (bicyclic) bond motifs is 2. The smallest absolute Gasteiger partial charge is 0.160 e. The summed E-state index contributed by atoms with van der Waals surface area (Å²) in [6.07, 6.45) is 0. The highest BCUT2D eigenvalue weighted by atomic mass is 32.1. The first kappa shape index (κ1) is 25.3. The predicted molar refractivity (Wildman–Crippen MR) is 180 cm³/mol. The summed E-state index contributed by atoms with van der Waals surface area (Å²) >= 11 is 1.74. The Hall–Kier alpha value is -5.45. The molecule has 0 aliphatic carbocycles. The molecule has 0 unspecified atom stereocenters. The molecule has 6 aromatic carbocycles. The Morgan fingerprint density at radius 1 is 0.372 bits per heavy atom. The third-order valence-corrected chi connectivity index (χ3v) is 8.77. The molecule has 43 heavy (non-hydrogen) atoms. The van der Waals surface area contributed by atoms with E-state index in [9.17, 15) is 0 Å². The summed E-state index contributed by atoms with van der Waals surface area (Å²) in [5.74, 6) is 0.723. The van der Waals surface area contributed by atoms with E-state index in [-0.39, 0.29) is 0 Å². The van der Waals surface area contributed by atoms with Gasteiger partial charge in [0.15, 0.2) is 5.82 Å². The van der Waals surface area contributed by atoms with Gasteiger partial charge in [-0.15, -0.1) is 11.3 Å². The van der Waals surface area contributed by atoms with Crippen LogP contribution in [0, 0.1) is 0 Å². The van der Waals surface area contributed by atoms with Crippen LogP contribution in [-0.2, 0) is 0 Å². The lowest BCUT2D eigenvalue weighted by Crippen LogP contribution is -1.95. The SMILES string of the molecule is c1ccc(-c2cc(-c3ccc4cc(-c5ccc6nc(-c7ccccc7)sc6c5)ccc4c3)nc(-c3ccccc3)n2)cc1. The first-order valence-corrected chi connectivity index (χ1v) is 15.1. The molecule has 0 spiro atoms. The van der Waals surface area contributed by atoms with Crippen molar-refractivity contribution in [1.29, 1.82) is 0 Å². The topological polar surface area (TPSA) is 38.7 Å². The van der Waals surface area contributed by atoms with Crippen molar-refractivity contribution in [3.8, 4) is 55.6 Å². The Kier molecular flexibility index (Phi) is 6.32. The van der Waals surface area contributed by atoms with Crippen molar-refractivity contribution in [2.24, 2.45) is 0 Å². The molecule has 2 aromatic heterocycles. The van der Waals surface area contributed by atoms with Gasteiger partial charge >= 0.3 is 0 Å². The third-order valence-electron chi connectivity index (χ3n) is 7.71. The average Bonchev–Trinajstić information content (AvgIpc) is 3.53. The number of benzene rings is 6. The fourth-order valence-electron chi connectivity index (χ4n) is 5.46. The molecule has 202 valence electrons. The van der Waals surface area contributed by atoms with Crippen LogP contribution in [0.2, 0.25) is 0 Å². The van der Waals surface area contributed by atoms with Gasteiger partial charge in [0.05, 0.1) is 21.6 Å². The van der Waals surface area contributed by atoms with Crippen molar-refractivity contribution >= 4 is 32.3 Å². The zero-order chi connectivity index (χ0) is 28.6. The van der Waals surface area contributed by atoms with Crippen molar-refractivity contribution in [3.63, 3.8) is 0 Å². The number of hydrogen-bond donors (Lipinski definition) is 0. The second-order valence-electron chi connectivity index (χ2n) is 10.5. The summed E-state index contributed by atoms with van der Waals surface area (Å²) in [7, 11) is 0. The Bertz CT molecular complexity index is 2170. The minimum absolute atomic E-state index is 0.723. The van der Waals surface area contributed by atoms with Gasteiger partial charge in [-0.05, 0) is 52.2 Å². The molecule has 0 amide bonds. The average molecular weight is 568 g/mol. The fraction of sp³-hybridized carbons (Fsp3) is 0. The van der Waals surface area contributed by atoms with Gasteiger partial charge in [-0.3, -0.25) is 0 Å². The molecule has 3 nitrogen and oxygen atoms in total. The molecule has 0 radical (unpaired) electrons. The van der Waals surface area contributed by atoms with Crippen LogP contribution in [-0.4, -0.2) is 15.0 Å². The third kappa shape index (κ3) is 4.99. The van der Waals surface area contributed by atoms with Crippen molar-refractivity contribution in [1.82, 2.24) is 15.0 Å². The maximum Gasteiger partial charge on any atom is 0.160 e. The van der Waals surface area contributed by atoms with Crippen molar-refractivity contribution < 1.29 is 0 Å². The molecule has 0 fully saturated rings. The van der Waals surface area contributed by atoms with Gasteiger partial charge in [-0.2, -0.15) is 0 Å². The van der Waals surface area contributed by atoms with Crippen LogP contribution < -0.4 is 0 Å². The van der Waals surface area contributed by atoms with Gasteiger partial charge in [0.1, 0.15) is 5.01 Å². The minimum Gasteiger partial charge on any atom is -0.236 e. The molecule has 8 rings (SSSR count). The summed E-state index contributed by atoms with van der Waals surface area (Å²) in [6.45, 7) is 0. The van der Waals surface area contributed by atoms with E-state index in [1.165, 1.54) is 26.6 Å². The molecule has 0 aliphatic heterocycles. The van der Waals surface area contributed by atoms with Gasteiger partial charge < -0.3 is 0 Å². The number of rotatable bonds is 5. The van der Waals surface area contributed by atoms with E-state index in [1.807, 2.05) is 42.5 Å². The maximum absolute atomic E-state index is 5.01. The maximum atomic E-state index is 5.01. The Labute approximate surface area is 253 Å². The number of nitrogens with zero attached hydrogens (tertiary/aromatic N) is 3. The van der Waals surface area contributed by atoms with Crippen molar-refractivity contribution in [3.05, 3.63) is 152 Å². The molecular formula is C39H25N3S. The molecule has 4 heteroatoms. The zero-order valence-electron chi connectivity index (χ0n) is 23.2. The van der Waals surface area contributed by atoms with Crippen LogP contribution in [0.1, 0.15) is 0 Å². The fourth-order valence-corrected chi connectivity index (χ4v) is 6.47. The van der Waals surface area contributed by atoms with Gasteiger partial charge in [-0.1, -0.05) is 121 Å². The lowest BCUT2D eigenvalue weighted by Gasteiger charge is -2.10. The van der Waals surface area contributed by atoms with Crippen LogP contribution in [0.25, 0.3) is 76.6 Å². The lowest BCUT2D eigenvalue weighted by molar-refractivity contribution is 1.18. The molecule has 0 bridgehead atoms. The highest BCUT2D eigenvalue weighted by Gasteiger charge is 2.12. The van der Waals surface area contributed by atoms with Gasteiger partial charge in [0, 0.05) is 22.3 Å². The van der Waals surface area contributed by atoms with E-state index >= 15 is 0 Å². The summed E-state index contributed by atoms with van der Waals surface area (Å²) in [5, 5.41) is 3.42. The van der Waals surface area contributed by atoms with Crippen LogP contribution in [0.3, 0.4) is 0 Å². The van der Waals surface area contributed by atoms with E-state index in [1.54, 1.807) is 11.3 Å². The number of aromatic nitrogens is 3.